The lowest BCUT2D eigenvalue weighted by molar-refractivity contribution is 0.122. The molecule has 2 aromatic heterocycles. The third-order valence-corrected chi connectivity index (χ3v) is 3.41. The summed E-state index contributed by atoms with van der Waals surface area (Å²) in [6.07, 6.45) is 1.67. The number of hydrogen-bond donors (Lipinski definition) is 1. The second kappa shape index (κ2) is 6.76. The zero-order valence-electron chi connectivity index (χ0n) is 12.1. The number of nitrogens with zero attached hydrogens (tertiary/aromatic N) is 4. The average Bonchev–Trinajstić information content (AvgIpc) is 2.56. The average molecular weight is 322 g/mol. The largest absolute Gasteiger partial charge is 0.481 e. The maximum absolute atomic E-state index is 6.03. The van der Waals surface area contributed by atoms with Crippen LogP contribution >= 0.6 is 11.6 Å². The highest BCUT2D eigenvalue weighted by Crippen LogP contribution is 2.22. The van der Waals surface area contributed by atoms with Crippen LogP contribution in [0.2, 0.25) is 5.28 Å². The maximum atomic E-state index is 6.03. The van der Waals surface area contributed by atoms with E-state index in [0.29, 0.717) is 24.9 Å². The third kappa shape index (κ3) is 3.55. The van der Waals surface area contributed by atoms with Gasteiger partial charge in [0.1, 0.15) is 11.6 Å². The molecule has 1 saturated heterocycles. The Morgan fingerprint density at radius 2 is 2.09 bits per heavy atom. The van der Waals surface area contributed by atoms with Crippen molar-refractivity contribution in [3.05, 3.63) is 29.7 Å². The van der Waals surface area contributed by atoms with Crippen LogP contribution in [-0.4, -0.2) is 48.4 Å². The normalized spacial score (nSPS) is 14.7. The molecule has 8 heteroatoms. The van der Waals surface area contributed by atoms with E-state index < -0.39 is 0 Å². The van der Waals surface area contributed by atoms with Crippen molar-refractivity contribution in [3.8, 4) is 5.88 Å². The molecular weight excluding hydrogens is 306 g/mol. The number of ether oxygens (including phenoxy) is 2. The van der Waals surface area contributed by atoms with Crippen LogP contribution in [0.1, 0.15) is 0 Å². The fourth-order valence-electron chi connectivity index (χ4n) is 2.15. The van der Waals surface area contributed by atoms with Gasteiger partial charge in [-0.05, 0) is 17.7 Å². The molecule has 0 unspecified atom stereocenters. The van der Waals surface area contributed by atoms with Crippen LogP contribution in [-0.2, 0) is 4.74 Å². The lowest BCUT2D eigenvalue weighted by atomic mass is 10.3. The summed E-state index contributed by atoms with van der Waals surface area (Å²) >= 11 is 6.03. The molecule has 0 atom stereocenters. The van der Waals surface area contributed by atoms with E-state index in [0.717, 1.165) is 24.6 Å². The standard InChI is InChI=1S/C14H16ClN5O2/c1-21-13-3-2-10(9-16-13)17-11-8-12(19-14(15)18-11)20-4-6-22-7-5-20/h2-3,8-9H,4-7H2,1H3,(H,17,18,19). The van der Waals surface area contributed by atoms with Crippen molar-refractivity contribution in [2.24, 2.45) is 0 Å². The molecule has 0 aromatic carbocycles. The maximum Gasteiger partial charge on any atom is 0.226 e. The number of rotatable bonds is 4. The van der Waals surface area contributed by atoms with Crippen molar-refractivity contribution in [2.75, 3.05) is 43.6 Å². The van der Waals surface area contributed by atoms with Gasteiger partial charge in [0.15, 0.2) is 0 Å². The molecule has 3 rings (SSSR count). The fraction of sp³-hybridized carbons (Fsp3) is 0.357. The number of morpholine rings is 1. The molecule has 22 heavy (non-hydrogen) atoms. The Hall–Kier alpha value is -2.12. The van der Waals surface area contributed by atoms with Crippen molar-refractivity contribution in [1.29, 1.82) is 0 Å². The molecule has 0 bridgehead atoms. The summed E-state index contributed by atoms with van der Waals surface area (Å²) in [5.74, 6) is 1.96. The Kier molecular flexibility index (Phi) is 4.55. The monoisotopic (exact) mass is 321 g/mol. The lowest BCUT2D eigenvalue weighted by Gasteiger charge is -2.28. The minimum absolute atomic E-state index is 0.202. The Morgan fingerprint density at radius 3 is 2.77 bits per heavy atom. The van der Waals surface area contributed by atoms with Gasteiger partial charge in [0.05, 0.1) is 32.2 Å². The van der Waals surface area contributed by atoms with Crippen LogP contribution in [0.15, 0.2) is 24.4 Å². The van der Waals surface area contributed by atoms with E-state index in [2.05, 4.69) is 25.2 Å². The molecule has 1 N–H and O–H groups in total. The van der Waals surface area contributed by atoms with Crippen LogP contribution in [0.3, 0.4) is 0 Å². The number of hydrogen-bond acceptors (Lipinski definition) is 7. The number of methoxy groups -OCH3 is 1. The summed E-state index contributed by atoms with van der Waals surface area (Å²) in [5, 5.41) is 3.37. The van der Waals surface area contributed by atoms with E-state index in [1.807, 2.05) is 12.1 Å². The molecule has 0 aliphatic carbocycles. The van der Waals surface area contributed by atoms with Gasteiger partial charge in [-0.2, -0.15) is 0 Å². The summed E-state index contributed by atoms with van der Waals surface area (Å²) < 4.78 is 10.4. The number of nitrogens with one attached hydrogen (secondary N) is 1. The molecule has 1 fully saturated rings. The van der Waals surface area contributed by atoms with Crippen molar-refractivity contribution in [3.63, 3.8) is 0 Å². The molecule has 1 aliphatic heterocycles. The van der Waals surface area contributed by atoms with Crippen molar-refractivity contribution in [1.82, 2.24) is 15.0 Å². The van der Waals surface area contributed by atoms with Gasteiger partial charge in [0, 0.05) is 25.2 Å². The predicted molar refractivity (Wildman–Crippen MR) is 84.1 cm³/mol. The number of pyridine rings is 1. The molecule has 2 aromatic rings. The van der Waals surface area contributed by atoms with Crippen LogP contribution in [0.5, 0.6) is 5.88 Å². The number of halogens is 1. The molecule has 0 radical (unpaired) electrons. The quantitative estimate of drug-likeness (QED) is 0.865. The SMILES string of the molecule is COc1ccc(Nc2cc(N3CCOCC3)nc(Cl)n2)cn1. The van der Waals surface area contributed by atoms with E-state index in [1.54, 1.807) is 19.4 Å². The summed E-state index contributed by atoms with van der Waals surface area (Å²) in [7, 11) is 1.58. The summed E-state index contributed by atoms with van der Waals surface area (Å²) in [4.78, 5) is 14.7. The summed E-state index contributed by atoms with van der Waals surface area (Å²) in [6.45, 7) is 2.95. The molecule has 0 saturated carbocycles. The lowest BCUT2D eigenvalue weighted by Crippen LogP contribution is -2.36. The van der Waals surface area contributed by atoms with Gasteiger partial charge in [0.2, 0.25) is 11.2 Å². The smallest absolute Gasteiger partial charge is 0.226 e. The van der Waals surface area contributed by atoms with Crippen LogP contribution in [0, 0.1) is 0 Å². The van der Waals surface area contributed by atoms with Gasteiger partial charge in [-0.15, -0.1) is 0 Å². The highest BCUT2D eigenvalue weighted by Gasteiger charge is 2.14. The second-order valence-corrected chi connectivity index (χ2v) is 5.03. The van der Waals surface area contributed by atoms with Crippen LogP contribution in [0.25, 0.3) is 0 Å². The van der Waals surface area contributed by atoms with E-state index in [9.17, 15) is 0 Å². The molecule has 0 amide bonds. The molecular formula is C14H16ClN5O2. The Balaban J connectivity index is 1.79. The summed E-state index contributed by atoms with van der Waals surface area (Å²) in [6, 6.07) is 5.49. The third-order valence-electron chi connectivity index (χ3n) is 3.24. The van der Waals surface area contributed by atoms with Crippen molar-refractivity contribution in [2.45, 2.75) is 0 Å². The fourth-order valence-corrected chi connectivity index (χ4v) is 2.32. The van der Waals surface area contributed by atoms with Gasteiger partial charge >= 0.3 is 0 Å². The van der Waals surface area contributed by atoms with E-state index in [1.165, 1.54) is 0 Å². The number of anilines is 3. The van der Waals surface area contributed by atoms with Crippen molar-refractivity contribution < 1.29 is 9.47 Å². The van der Waals surface area contributed by atoms with Gasteiger partial charge in [-0.1, -0.05) is 0 Å². The number of aromatic nitrogens is 3. The van der Waals surface area contributed by atoms with Crippen LogP contribution < -0.4 is 15.0 Å². The Labute approximate surface area is 133 Å². The second-order valence-electron chi connectivity index (χ2n) is 4.69. The first-order valence-electron chi connectivity index (χ1n) is 6.89. The minimum atomic E-state index is 0.202. The molecule has 3 heterocycles. The Morgan fingerprint density at radius 1 is 1.27 bits per heavy atom. The molecule has 7 nitrogen and oxygen atoms in total. The zero-order valence-corrected chi connectivity index (χ0v) is 12.9. The molecule has 1 aliphatic rings. The minimum Gasteiger partial charge on any atom is -0.481 e. The highest BCUT2D eigenvalue weighted by molar-refractivity contribution is 6.28. The first-order valence-corrected chi connectivity index (χ1v) is 7.27. The van der Waals surface area contributed by atoms with E-state index in [4.69, 9.17) is 21.1 Å². The Bertz CT molecular complexity index is 632. The van der Waals surface area contributed by atoms with Gasteiger partial charge in [-0.3, -0.25) is 0 Å². The first kappa shape index (κ1) is 14.8. The van der Waals surface area contributed by atoms with Gasteiger partial charge < -0.3 is 19.7 Å². The predicted octanol–water partition coefficient (Wildman–Crippen LogP) is 2.11. The van der Waals surface area contributed by atoms with E-state index >= 15 is 0 Å². The first-order chi connectivity index (χ1) is 10.7. The van der Waals surface area contributed by atoms with Crippen LogP contribution in [0.4, 0.5) is 17.3 Å². The van der Waals surface area contributed by atoms with Crippen molar-refractivity contribution >= 4 is 28.9 Å². The molecule has 116 valence electrons. The highest BCUT2D eigenvalue weighted by atomic mass is 35.5. The van der Waals surface area contributed by atoms with E-state index in [-0.39, 0.29) is 5.28 Å². The van der Waals surface area contributed by atoms with Gasteiger partial charge in [0.25, 0.3) is 0 Å². The molecule has 0 spiro atoms. The summed E-state index contributed by atoms with van der Waals surface area (Å²) in [5.41, 5.74) is 0.795. The topological polar surface area (TPSA) is 72.4 Å². The zero-order chi connectivity index (χ0) is 15.4. The van der Waals surface area contributed by atoms with Gasteiger partial charge in [-0.25, -0.2) is 15.0 Å².